The summed E-state index contributed by atoms with van der Waals surface area (Å²) in [6.45, 7) is 1.21. The van der Waals surface area contributed by atoms with Crippen LogP contribution < -0.4 is 21.5 Å². The van der Waals surface area contributed by atoms with E-state index in [1.807, 2.05) is 0 Å². The molecule has 0 aromatic carbocycles. The van der Waals surface area contributed by atoms with Crippen molar-refractivity contribution < 1.29 is 21.5 Å². The average Bonchev–Trinajstić information content (AvgIpc) is 3.10. The number of hydrogen-bond acceptors (Lipinski definition) is 2. The van der Waals surface area contributed by atoms with E-state index in [4.69, 9.17) is 0 Å². The Balaban J connectivity index is 0.00000288. The van der Waals surface area contributed by atoms with E-state index in [0.717, 1.165) is 5.25 Å². The quantitative estimate of drug-likeness (QED) is 0.339. The molecule has 0 atom stereocenters. The van der Waals surface area contributed by atoms with E-state index in [2.05, 4.69) is 33.4 Å². The van der Waals surface area contributed by atoms with Crippen LogP contribution in [0.5, 0.6) is 0 Å². The summed E-state index contributed by atoms with van der Waals surface area (Å²) in [7, 11) is 0. The Morgan fingerprint density at radius 3 is 2.08 bits per heavy atom. The van der Waals surface area contributed by atoms with Crippen LogP contribution in [0.15, 0.2) is 17.1 Å². The number of aryl methyl sites for hydroxylation is 1. The lowest BCUT2D eigenvalue weighted by molar-refractivity contribution is -0.692. The molecule has 0 radical (unpaired) electrons. The lowest BCUT2D eigenvalue weighted by Gasteiger charge is -2.20. The molecule has 140 valence electrons. The molecule has 24 heavy (non-hydrogen) atoms. The summed E-state index contributed by atoms with van der Waals surface area (Å²) in [4.78, 5) is 0. The molecule has 0 amide bonds. The van der Waals surface area contributed by atoms with Gasteiger partial charge in [0.05, 0.1) is 5.38 Å². The highest BCUT2D eigenvalue weighted by Crippen LogP contribution is 2.28. The SMILES string of the molecule is [Br-].c1c[n+](CCCCCCCCCCCSC2CCCCC2)cs1. The van der Waals surface area contributed by atoms with Gasteiger partial charge in [-0.15, -0.1) is 0 Å². The fraction of sp³-hybridized carbons (Fsp3) is 0.850. The third kappa shape index (κ3) is 11.1. The second-order valence-electron chi connectivity index (χ2n) is 7.08. The van der Waals surface area contributed by atoms with Crippen molar-refractivity contribution in [3.8, 4) is 0 Å². The summed E-state index contributed by atoms with van der Waals surface area (Å²) in [6.07, 6.45) is 22.6. The van der Waals surface area contributed by atoms with E-state index in [1.165, 1.54) is 102 Å². The fourth-order valence-corrected chi connectivity index (χ4v) is 5.50. The van der Waals surface area contributed by atoms with E-state index >= 15 is 0 Å². The number of halogens is 1. The van der Waals surface area contributed by atoms with Gasteiger partial charge in [-0.05, 0) is 31.4 Å². The van der Waals surface area contributed by atoms with E-state index < -0.39 is 0 Å². The van der Waals surface area contributed by atoms with Gasteiger partial charge in [0.2, 0.25) is 5.51 Å². The van der Waals surface area contributed by atoms with Crippen molar-refractivity contribution in [1.82, 2.24) is 0 Å². The molecule has 0 aliphatic heterocycles. The molecule has 4 heteroatoms. The number of aromatic nitrogens is 1. The zero-order valence-corrected chi connectivity index (χ0v) is 18.5. The maximum atomic E-state index is 2.32. The van der Waals surface area contributed by atoms with Gasteiger partial charge >= 0.3 is 0 Å². The minimum Gasteiger partial charge on any atom is -1.00 e. The van der Waals surface area contributed by atoms with Gasteiger partial charge in [0, 0.05) is 11.7 Å². The summed E-state index contributed by atoms with van der Waals surface area (Å²) in [5, 5.41) is 3.17. The Morgan fingerprint density at radius 1 is 0.833 bits per heavy atom. The van der Waals surface area contributed by atoms with Crippen LogP contribution in [-0.2, 0) is 6.54 Å². The van der Waals surface area contributed by atoms with Crippen LogP contribution in [0.3, 0.4) is 0 Å². The van der Waals surface area contributed by atoms with Crippen molar-refractivity contribution >= 4 is 23.1 Å². The Labute approximate surface area is 168 Å². The largest absolute Gasteiger partial charge is 1.00 e. The van der Waals surface area contributed by atoms with Crippen molar-refractivity contribution in [2.75, 3.05) is 5.75 Å². The Morgan fingerprint density at radius 2 is 1.46 bits per heavy atom. The molecular formula is C20H36BrNS2. The zero-order valence-electron chi connectivity index (χ0n) is 15.3. The summed E-state index contributed by atoms with van der Waals surface area (Å²) in [5.74, 6) is 1.42. The smallest absolute Gasteiger partial charge is 0.224 e. The molecule has 0 spiro atoms. The molecule has 0 bridgehead atoms. The first kappa shape index (κ1) is 22.5. The molecule has 1 heterocycles. The van der Waals surface area contributed by atoms with E-state index in [-0.39, 0.29) is 17.0 Å². The predicted octanol–water partition coefficient (Wildman–Crippen LogP) is 3.62. The number of thioether (sulfide) groups is 1. The van der Waals surface area contributed by atoms with Gasteiger partial charge in [-0.2, -0.15) is 16.3 Å². The Bertz CT molecular complexity index is 364. The lowest BCUT2D eigenvalue weighted by Crippen LogP contribution is -3.00. The number of unbranched alkanes of at least 4 members (excludes halogenated alkanes) is 8. The second-order valence-corrected chi connectivity index (χ2v) is 9.24. The van der Waals surface area contributed by atoms with Gasteiger partial charge in [-0.3, -0.25) is 0 Å². The van der Waals surface area contributed by atoms with Gasteiger partial charge < -0.3 is 17.0 Å². The topological polar surface area (TPSA) is 3.88 Å². The van der Waals surface area contributed by atoms with Crippen LogP contribution in [0.25, 0.3) is 0 Å². The first-order valence-corrected chi connectivity index (χ1v) is 12.0. The minimum absolute atomic E-state index is 0. The lowest BCUT2D eigenvalue weighted by atomic mass is 10.0. The summed E-state index contributed by atoms with van der Waals surface area (Å²) in [6, 6.07) is 0. The molecule has 1 aliphatic carbocycles. The molecule has 1 fully saturated rings. The summed E-state index contributed by atoms with van der Waals surface area (Å²) >= 11 is 4.06. The summed E-state index contributed by atoms with van der Waals surface area (Å²) in [5.41, 5.74) is 2.21. The molecule has 0 saturated heterocycles. The number of hydrogen-bond donors (Lipinski definition) is 0. The molecule has 0 N–H and O–H groups in total. The third-order valence-corrected chi connectivity index (χ3v) is 7.13. The van der Waals surface area contributed by atoms with Crippen LogP contribution in [-0.4, -0.2) is 11.0 Å². The number of nitrogens with zero attached hydrogens (tertiary/aromatic N) is 1. The first-order chi connectivity index (χ1) is 11.4. The highest BCUT2D eigenvalue weighted by Gasteiger charge is 2.12. The molecule has 1 saturated carbocycles. The van der Waals surface area contributed by atoms with Crippen molar-refractivity contribution in [2.45, 2.75) is 102 Å². The summed E-state index contributed by atoms with van der Waals surface area (Å²) < 4.78 is 2.32. The van der Waals surface area contributed by atoms with Gasteiger partial charge in [0.25, 0.3) is 0 Å². The standard InChI is InChI=1S/C20H36NS2.BrH/c1(2-4-6-11-15-21-16-18-22-19-21)3-5-7-12-17-23-20-13-9-8-10-14-20;/h16,18-20H,1-15,17H2;1H/q+1;/p-1. The highest BCUT2D eigenvalue weighted by atomic mass is 79.9. The van der Waals surface area contributed by atoms with Gasteiger partial charge in [-0.1, -0.05) is 69.1 Å². The Kier molecular flexibility index (Phi) is 14.7. The highest BCUT2D eigenvalue weighted by molar-refractivity contribution is 7.99. The van der Waals surface area contributed by atoms with Crippen LogP contribution in [0.2, 0.25) is 0 Å². The van der Waals surface area contributed by atoms with Gasteiger partial charge in [-0.25, -0.2) is 0 Å². The van der Waals surface area contributed by atoms with Crippen LogP contribution >= 0.6 is 23.1 Å². The van der Waals surface area contributed by atoms with Crippen molar-refractivity contribution in [1.29, 1.82) is 0 Å². The van der Waals surface area contributed by atoms with Gasteiger partial charge in [0.1, 0.15) is 6.54 Å². The first-order valence-electron chi connectivity index (χ1n) is 9.98. The van der Waals surface area contributed by atoms with Crippen molar-refractivity contribution in [3.05, 3.63) is 17.1 Å². The van der Waals surface area contributed by atoms with Crippen molar-refractivity contribution in [3.63, 3.8) is 0 Å². The second kappa shape index (κ2) is 15.7. The normalized spacial score (nSPS) is 15.3. The molecule has 0 unspecified atom stereocenters. The van der Waals surface area contributed by atoms with E-state index in [9.17, 15) is 0 Å². The minimum atomic E-state index is 0. The molecular weight excluding hydrogens is 398 g/mol. The van der Waals surface area contributed by atoms with E-state index in [1.54, 1.807) is 11.3 Å². The third-order valence-electron chi connectivity index (χ3n) is 4.99. The molecule has 1 aromatic heterocycles. The van der Waals surface area contributed by atoms with Crippen LogP contribution in [0, 0.1) is 0 Å². The fourth-order valence-electron chi connectivity index (χ4n) is 3.50. The molecule has 1 nitrogen and oxygen atoms in total. The van der Waals surface area contributed by atoms with Crippen LogP contribution in [0.4, 0.5) is 0 Å². The average molecular weight is 435 g/mol. The molecule has 2 rings (SSSR count). The Hall–Kier alpha value is 0.460. The predicted molar refractivity (Wildman–Crippen MR) is 105 cm³/mol. The van der Waals surface area contributed by atoms with Crippen LogP contribution in [0.1, 0.15) is 89.9 Å². The van der Waals surface area contributed by atoms with Gasteiger partial charge in [0.15, 0.2) is 6.20 Å². The van der Waals surface area contributed by atoms with Crippen molar-refractivity contribution in [2.24, 2.45) is 0 Å². The molecule has 1 aliphatic rings. The number of thiazole rings is 1. The maximum Gasteiger partial charge on any atom is 0.224 e. The molecule has 1 aromatic rings. The maximum absolute atomic E-state index is 2.32. The number of rotatable bonds is 13. The van der Waals surface area contributed by atoms with E-state index in [0.29, 0.717) is 0 Å². The monoisotopic (exact) mass is 433 g/mol. The zero-order chi connectivity index (χ0) is 16.0.